The van der Waals surface area contributed by atoms with Crippen molar-refractivity contribution < 1.29 is 4.74 Å². The van der Waals surface area contributed by atoms with Crippen LogP contribution in [0.1, 0.15) is 31.7 Å². The zero-order chi connectivity index (χ0) is 11.4. The molecule has 1 aliphatic carbocycles. The molecule has 88 valence electrons. The Morgan fingerprint density at radius 2 is 2.00 bits per heavy atom. The van der Waals surface area contributed by atoms with Crippen LogP contribution in [0.4, 0.5) is 0 Å². The lowest BCUT2D eigenvalue weighted by atomic mass is 10.2. The van der Waals surface area contributed by atoms with Crippen molar-refractivity contribution in [2.45, 2.75) is 45.3 Å². The van der Waals surface area contributed by atoms with Gasteiger partial charge in [0.15, 0.2) is 0 Å². The molecule has 1 N–H and O–H groups in total. The van der Waals surface area contributed by atoms with E-state index in [2.05, 4.69) is 43.4 Å². The first kappa shape index (κ1) is 11.5. The summed E-state index contributed by atoms with van der Waals surface area (Å²) in [6, 6.07) is 8.99. The lowest BCUT2D eigenvalue weighted by Gasteiger charge is -2.14. The fraction of sp³-hybridized carbons (Fsp3) is 0.571. The van der Waals surface area contributed by atoms with Crippen molar-refractivity contribution in [2.75, 3.05) is 6.54 Å². The predicted molar refractivity (Wildman–Crippen MR) is 66.9 cm³/mol. The van der Waals surface area contributed by atoms with E-state index in [1.54, 1.807) is 0 Å². The quantitative estimate of drug-likeness (QED) is 0.840. The Hall–Kier alpha value is -1.02. The molecule has 1 saturated carbocycles. The van der Waals surface area contributed by atoms with Crippen LogP contribution in [0, 0.1) is 6.92 Å². The van der Waals surface area contributed by atoms with Gasteiger partial charge >= 0.3 is 0 Å². The van der Waals surface area contributed by atoms with E-state index in [0.29, 0.717) is 12.1 Å². The number of aryl methyl sites for hydroxylation is 1. The smallest absolute Gasteiger partial charge is 0.119 e. The Morgan fingerprint density at radius 3 is 2.69 bits per heavy atom. The standard InChI is InChI=1S/C14H21NO/c1-3-15-12-6-9-14(10-12)16-13-7-4-11(2)5-8-13/h4-5,7-8,12,14-15H,3,6,9-10H2,1-2H3. The Balaban J connectivity index is 1.84. The van der Waals surface area contributed by atoms with Gasteiger partial charge in [-0.25, -0.2) is 0 Å². The minimum absolute atomic E-state index is 0.395. The minimum atomic E-state index is 0.395. The van der Waals surface area contributed by atoms with Crippen LogP contribution in [0.5, 0.6) is 5.75 Å². The van der Waals surface area contributed by atoms with Gasteiger partial charge < -0.3 is 10.1 Å². The molecule has 1 aromatic carbocycles. The van der Waals surface area contributed by atoms with E-state index >= 15 is 0 Å². The Bertz CT molecular complexity index is 320. The lowest BCUT2D eigenvalue weighted by molar-refractivity contribution is 0.206. The maximum absolute atomic E-state index is 5.97. The maximum atomic E-state index is 5.97. The van der Waals surface area contributed by atoms with Gasteiger partial charge in [0, 0.05) is 6.04 Å². The second-order valence-electron chi connectivity index (χ2n) is 4.62. The van der Waals surface area contributed by atoms with Crippen LogP contribution in [0.25, 0.3) is 0 Å². The molecule has 1 fully saturated rings. The molecule has 2 heteroatoms. The lowest BCUT2D eigenvalue weighted by Crippen LogP contribution is -2.27. The first-order valence-electron chi connectivity index (χ1n) is 6.24. The van der Waals surface area contributed by atoms with E-state index in [0.717, 1.165) is 18.7 Å². The molecule has 0 aromatic heterocycles. The molecule has 2 atom stereocenters. The molecule has 2 unspecified atom stereocenters. The summed E-state index contributed by atoms with van der Waals surface area (Å²) in [7, 11) is 0. The van der Waals surface area contributed by atoms with Crippen LogP contribution in [0.2, 0.25) is 0 Å². The van der Waals surface area contributed by atoms with Crippen LogP contribution >= 0.6 is 0 Å². The number of rotatable bonds is 4. The first-order chi connectivity index (χ1) is 7.78. The topological polar surface area (TPSA) is 21.3 Å². The highest BCUT2D eigenvalue weighted by Gasteiger charge is 2.25. The summed E-state index contributed by atoms with van der Waals surface area (Å²) in [5, 5.41) is 3.49. The number of nitrogens with one attached hydrogen (secondary N) is 1. The number of hydrogen-bond acceptors (Lipinski definition) is 2. The van der Waals surface area contributed by atoms with E-state index in [1.807, 2.05) is 0 Å². The van der Waals surface area contributed by atoms with Crippen molar-refractivity contribution in [3.63, 3.8) is 0 Å². The van der Waals surface area contributed by atoms with Gasteiger partial charge in [-0.05, 0) is 44.9 Å². The van der Waals surface area contributed by atoms with E-state index in [-0.39, 0.29) is 0 Å². The maximum Gasteiger partial charge on any atom is 0.119 e. The molecule has 0 heterocycles. The number of benzene rings is 1. The van der Waals surface area contributed by atoms with E-state index in [4.69, 9.17) is 4.74 Å². The first-order valence-corrected chi connectivity index (χ1v) is 6.24. The third-order valence-electron chi connectivity index (χ3n) is 3.20. The second-order valence-corrected chi connectivity index (χ2v) is 4.62. The third kappa shape index (κ3) is 2.99. The van der Waals surface area contributed by atoms with Gasteiger partial charge in [0.1, 0.15) is 11.9 Å². The SMILES string of the molecule is CCNC1CCC(Oc2ccc(C)cc2)C1. The van der Waals surface area contributed by atoms with Crippen molar-refractivity contribution in [1.29, 1.82) is 0 Å². The molecular weight excluding hydrogens is 198 g/mol. The normalized spacial score (nSPS) is 24.6. The minimum Gasteiger partial charge on any atom is -0.490 e. The summed E-state index contributed by atoms with van der Waals surface area (Å²) in [6.07, 6.45) is 3.95. The summed E-state index contributed by atoms with van der Waals surface area (Å²) < 4.78 is 5.97. The molecule has 0 spiro atoms. The zero-order valence-corrected chi connectivity index (χ0v) is 10.2. The fourth-order valence-electron chi connectivity index (χ4n) is 2.33. The third-order valence-corrected chi connectivity index (χ3v) is 3.20. The summed E-state index contributed by atoms with van der Waals surface area (Å²) in [6.45, 7) is 5.32. The summed E-state index contributed by atoms with van der Waals surface area (Å²) >= 11 is 0. The van der Waals surface area contributed by atoms with Crippen LogP contribution in [0.15, 0.2) is 24.3 Å². The highest BCUT2D eigenvalue weighted by molar-refractivity contribution is 5.26. The largest absolute Gasteiger partial charge is 0.490 e. The van der Waals surface area contributed by atoms with Gasteiger partial charge in [0.25, 0.3) is 0 Å². The fourth-order valence-corrected chi connectivity index (χ4v) is 2.33. The number of hydrogen-bond donors (Lipinski definition) is 1. The molecule has 0 bridgehead atoms. The van der Waals surface area contributed by atoms with E-state index in [1.165, 1.54) is 18.4 Å². The van der Waals surface area contributed by atoms with Crippen molar-refractivity contribution in [2.24, 2.45) is 0 Å². The van der Waals surface area contributed by atoms with Gasteiger partial charge in [0.2, 0.25) is 0 Å². The molecule has 0 aliphatic heterocycles. The molecule has 16 heavy (non-hydrogen) atoms. The molecule has 2 nitrogen and oxygen atoms in total. The van der Waals surface area contributed by atoms with E-state index in [9.17, 15) is 0 Å². The van der Waals surface area contributed by atoms with Crippen LogP contribution < -0.4 is 10.1 Å². The van der Waals surface area contributed by atoms with Gasteiger partial charge in [-0.15, -0.1) is 0 Å². The molecule has 0 amide bonds. The summed E-state index contributed by atoms with van der Waals surface area (Å²) in [5.74, 6) is 1.01. The molecule has 0 radical (unpaired) electrons. The van der Waals surface area contributed by atoms with Crippen LogP contribution in [0.3, 0.4) is 0 Å². The van der Waals surface area contributed by atoms with Gasteiger partial charge in [-0.2, -0.15) is 0 Å². The van der Waals surface area contributed by atoms with Gasteiger partial charge in [-0.3, -0.25) is 0 Å². The van der Waals surface area contributed by atoms with E-state index < -0.39 is 0 Å². The van der Waals surface area contributed by atoms with Crippen molar-refractivity contribution in [3.8, 4) is 5.75 Å². The van der Waals surface area contributed by atoms with Gasteiger partial charge in [-0.1, -0.05) is 24.6 Å². The highest BCUT2D eigenvalue weighted by Crippen LogP contribution is 2.24. The second kappa shape index (κ2) is 5.35. The van der Waals surface area contributed by atoms with Crippen molar-refractivity contribution >= 4 is 0 Å². The molecule has 0 saturated heterocycles. The summed E-state index contributed by atoms with van der Waals surface area (Å²) in [4.78, 5) is 0. The Morgan fingerprint density at radius 1 is 1.25 bits per heavy atom. The molecule has 1 aromatic rings. The van der Waals surface area contributed by atoms with Crippen LogP contribution in [-0.2, 0) is 0 Å². The predicted octanol–water partition coefficient (Wildman–Crippen LogP) is 2.90. The van der Waals surface area contributed by atoms with Crippen molar-refractivity contribution in [1.82, 2.24) is 5.32 Å². The zero-order valence-electron chi connectivity index (χ0n) is 10.2. The Labute approximate surface area is 98.0 Å². The molecular formula is C14H21NO. The highest BCUT2D eigenvalue weighted by atomic mass is 16.5. The summed E-state index contributed by atoms with van der Waals surface area (Å²) in [5.41, 5.74) is 1.28. The monoisotopic (exact) mass is 219 g/mol. The molecule has 2 rings (SSSR count). The average molecular weight is 219 g/mol. The van der Waals surface area contributed by atoms with Gasteiger partial charge in [0.05, 0.1) is 0 Å². The average Bonchev–Trinajstić information content (AvgIpc) is 2.70. The van der Waals surface area contributed by atoms with Crippen molar-refractivity contribution in [3.05, 3.63) is 29.8 Å². The Kier molecular flexibility index (Phi) is 3.83. The van der Waals surface area contributed by atoms with Crippen LogP contribution in [-0.4, -0.2) is 18.7 Å². The number of ether oxygens (including phenoxy) is 1. The molecule has 1 aliphatic rings.